The van der Waals surface area contributed by atoms with Gasteiger partial charge in [0.05, 0.1) is 13.2 Å². The normalized spacial score (nSPS) is 23.2. The molecule has 1 fully saturated rings. The Morgan fingerprint density at radius 2 is 1.83 bits per heavy atom. The molecule has 1 aliphatic heterocycles. The molecule has 1 saturated heterocycles. The SMILES string of the molecule is CC(C)(C)OC(=O)N1CCC[C@@](F)(CCOS(=O)(=O)C(F)(F)F)C1. The van der Waals surface area contributed by atoms with E-state index in [0.29, 0.717) is 0 Å². The minimum absolute atomic E-state index is 0.0122. The first-order chi connectivity index (χ1) is 10.7. The Bertz CT molecular complexity index is 558. The molecule has 0 aromatic heterocycles. The van der Waals surface area contributed by atoms with E-state index in [1.807, 2.05) is 0 Å². The van der Waals surface area contributed by atoms with Crippen LogP contribution in [-0.2, 0) is 19.0 Å². The molecule has 0 unspecified atom stereocenters. The van der Waals surface area contributed by atoms with Crippen LogP contribution in [0.3, 0.4) is 0 Å². The number of alkyl halides is 4. The molecule has 24 heavy (non-hydrogen) atoms. The fourth-order valence-electron chi connectivity index (χ4n) is 2.17. The van der Waals surface area contributed by atoms with Gasteiger partial charge in [0.25, 0.3) is 0 Å². The minimum atomic E-state index is -5.75. The van der Waals surface area contributed by atoms with E-state index >= 15 is 0 Å². The highest BCUT2D eigenvalue weighted by Crippen LogP contribution is 2.31. The molecule has 0 spiro atoms. The van der Waals surface area contributed by atoms with Crippen molar-refractivity contribution in [3.05, 3.63) is 0 Å². The zero-order valence-electron chi connectivity index (χ0n) is 13.7. The summed E-state index contributed by atoms with van der Waals surface area (Å²) in [6, 6.07) is 0. The summed E-state index contributed by atoms with van der Waals surface area (Å²) in [7, 11) is -5.75. The molecule has 0 saturated carbocycles. The van der Waals surface area contributed by atoms with Crippen molar-refractivity contribution in [2.24, 2.45) is 0 Å². The Morgan fingerprint density at radius 1 is 1.25 bits per heavy atom. The van der Waals surface area contributed by atoms with Crippen molar-refractivity contribution in [3.63, 3.8) is 0 Å². The van der Waals surface area contributed by atoms with Gasteiger partial charge in [0.2, 0.25) is 0 Å². The minimum Gasteiger partial charge on any atom is -0.444 e. The molecule has 0 radical (unpaired) electrons. The largest absolute Gasteiger partial charge is 0.523 e. The zero-order valence-corrected chi connectivity index (χ0v) is 14.5. The summed E-state index contributed by atoms with van der Waals surface area (Å²) in [5, 5.41) is 0. The van der Waals surface area contributed by atoms with Gasteiger partial charge < -0.3 is 9.64 Å². The van der Waals surface area contributed by atoms with E-state index in [1.165, 1.54) is 0 Å². The predicted octanol–water partition coefficient (Wildman–Crippen LogP) is 2.98. The monoisotopic (exact) mass is 379 g/mol. The van der Waals surface area contributed by atoms with Crippen molar-refractivity contribution in [1.82, 2.24) is 4.90 Å². The van der Waals surface area contributed by atoms with Crippen LogP contribution in [0.1, 0.15) is 40.0 Å². The third-order valence-electron chi connectivity index (χ3n) is 3.25. The van der Waals surface area contributed by atoms with Gasteiger partial charge in [-0.25, -0.2) is 9.18 Å². The first-order valence-corrected chi connectivity index (χ1v) is 8.69. The number of rotatable bonds is 4. The van der Waals surface area contributed by atoms with E-state index in [2.05, 4.69) is 4.18 Å². The summed E-state index contributed by atoms with van der Waals surface area (Å²) in [6.07, 6.45) is -1.04. The number of piperidine rings is 1. The van der Waals surface area contributed by atoms with Crippen LogP contribution in [0.15, 0.2) is 0 Å². The average Bonchev–Trinajstić information content (AvgIpc) is 2.34. The Labute approximate surface area is 138 Å². The predicted molar refractivity (Wildman–Crippen MR) is 76.4 cm³/mol. The highest BCUT2D eigenvalue weighted by atomic mass is 32.2. The molecule has 0 aromatic rings. The van der Waals surface area contributed by atoms with Crippen LogP contribution in [0.2, 0.25) is 0 Å². The number of hydrogen-bond acceptors (Lipinski definition) is 5. The van der Waals surface area contributed by atoms with Gasteiger partial charge in [-0.1, -0.05) is 0 Å². The Morgan fingerprint density at radius 3 is 2.33 bits per heavy atom. The van der Waals surface area contributed by atoms with Crippen LogP contribution in [0.25, 0.3) is 0 Å². The Balaban J connectivity index is 2.60. The summed E-state index contributed by atoms with van der Waals surface area (Å²) in [5.41, 5.74) is -8.35. The van der Waals surface area contributed by atoms with E-state index in [9.17, 15) is 30.8 Å². The van der Waals surface area contributed by atoms with Crippen molar-refractivity contribution in [3.8, 4) is 0 Å². The molecular weight excluding hydrogens is 358 g/mol. The topological polar surface area (TPSA) is 72.9 Å². The number of nitrogens with zero attached hydrogens (tertiary/aromatic N) is 1. The van der Waals surface area contributed by atoms with Crippen molar-refractivity contribution in [2.45, 2.75) is 56.8 Å². The summed E-state index contributed by atoms with van der Waals surface area (Å²) in [4.78, 5) is 13.0. The lowest BCUT2D eigenvalue weighted by atomic mass is 9.92. The van der Waals surface area contributed by atoms with Gasteiger partial charge in [0.15, 0.2) is 0 Å². The molecule has 1 rings (SSSR count). The van der Waals surface area contributed by atoms with E-state index < -0.39 is 52.6 Å². The first kappa shape index (κ1) is 20.9. The van der Waals surface area contributed by atoms with Gasteiger partial charge in [-0.2, -0.15) is 21.6 Å². The van der Waals surface area contributed by atoms with Gasteiger partial charge in [0.1, 0.15) is 11.3 Å². The first-order valence-electron chi connectivity index (χ1n) is 7.28. The second kappa shape index (κ2) is 7.03. The second-order valence-electron chi connectivity index (χ2n) is 6.63. The lowest BCUT2D eigenvalue weighted by Gasteiger charge is -2.37. The third kappa shape index (κ3) is 6.08. The van der Waals surface area contributed by atoms with Gasteiger partial charge in [-0.05, 0) is 33.6 Å². The molecule has 1 atom stereocenters. The van der Waals surface area contributed by atoms with Crippen molar-refractivity contribution in [1.29, 1.82) is 0 Å². The molecule has 0 aromatic carbocycles. The number of amides is 1. The van der Waals surface area contributed by atoms with Crippen LogP contribution >= 0.6 is 0 Å². The Kier molecular flexibility index (Phi) is 6.13. The van der Waals surface area contributed by atoms with E-state index in [0.717, 1.165) is 4.90 Å². The quantitative estimate of drug-likeness (QED) is 0.427. The highest BCUT2D eigenvalue weighted by molar-refractivity contribution is 7.87. The number of carbonyl (C=O) groups excluding carboxylic acids is 1. The number of carbonyl (C=O) groups is 1. The summed E-state index contributed by atoms with van der Waals surface area (Å²) in [5.74, 6) is 0. The lowest BCUT2D eigenvalue weighted by Crippen LogP contribution is -2.49. The van der Waals surface area contributed by atoms with Crippen LogP contribution in [-0.4, -0.2) is 55.9 Å². The molecule has 0 N–H and O–H groups in total. The molecule has 142 valence electrons. The summed E-state index contributed by atoms with van der Waals surface area (Å²) >= 11 is 0. The second-order valence-corrected chi connectivity index (χ2v) is 8.24. The van der Waals surface area contributed by atoms with Crippen molar-refractivity contribution in [2.75, 3.05) is 19.7 Å². The molecule has 1 amide bonds. The molecular formula is C13H21F4NO5S. The summed E-state index contributed by atoms with van der Waals surface area (Å²) in [6.45, 7) is 3.84. The Hall–Kier alpha value is -1.10. The van der Waals surface area contributed by atoms with Crippen LogP contribution in [0.5, 0.6) is 0 Å². The fourth-order valence-corrected chi connectivity index (χ4v) is 2.61. The maximum atomic E-state index is 14.7. The number of hydrogen-bond donors (Lipinski definition) is 0. The van der Waals surface area contributed by atoms with E-state index in [1.54, 1.807) is 20.8 Å². The number of ether oxygens (including phenoxy) is 1. The molecule has 11 heteroatoms. The number of halogens is 4. The molecule has 6 nitrogen and oxygen atoms in total. The summed E-state index contributed by atoms with van der Waals surface area (Å²) < 4.78 is 81.6. The van der Waals surface area contributed by atoms with E-state index in [-0.39, 0.29) is 19.4 Å². The third-order valence-corrected chi connectivity index (χ3v) is 4.29. The molecule has 0 bridgehead atoms. The van der Waals surface area contributed by atoms with Crippen molar-refractivity contribution < 1.29 is 39.7 Å². The maximum Gasteiger partial charge on any atom is 0.523 e. The van der Waals surface area contributed by atoms with Crippen LogP contribution < -0.4 is 0 Å². The van der Waals surface area contributed by atoms with Gasteiger partial charge in [-0.3, -0.25) is 4.18 Å². The van der Waals surface area contributed by atoms with Crippen LogP contribution in [0, 0.1) is 0 Å². The standard InChI is InChI=1S/C13H21F4NO5S/c1-11(2,3)23-10(19)18-7-4-5-12(14,9-18)6-8-22-24(20,21)13(15,16)17/h4-9H2,1-3H3/t12-/m1/s1. The number of likely N-dealkylation sites (tertiary alicyclic amines) is 1. The molecule has 0 aliphatic carbocycles. The molecule has 1 aliphatic rings. The lowest BCUT2D eigenvalue weighted by molar-refractivity contribution is -0.0559. The van der Waals surface area contributed by atoms with Crippen LogP contribution in [0.4, 0.5) is 22.4 Å². The van der Waals surface area contributed by atoms with Gasteiger partial charge in [0, 0.05) is 13.0 Å². The zero-order chi connectivity index (χ0) is 18.8. The van der Waals surface area contributed by atoms with Gasteiger partial charge >= 0.3 is 21.7 Å². The highest BCUT2D eigenvalue weighted by Gasteiger charge is 2.48. The van der Waals surface area contributed by atoms with E-state index in [4.69, 9.17) is 4.74 Å². The smallest absolute Gasteiger partial charge is 0.444 e. The van der Waals surface area contributed by atoms with Gasteiger partial charge in [-0.15, -0.1) is 0 Å². The van der Waals surface area contributed by atoms with Crippen molar-refractivity contribution >= 4 is 16.2 Å². The molecule has 1 heterocycles. The average molecular weight is 379 g/mol. The maximum absolute atomic E-state index is 14.7. The fraction of sp³-hybridized carbons (Fsp3) is 0.923.